The van der Waals surface area contributed by atoms with Crippen LogP contribution in [0.4, 0.5) is 4.79 Å². The van der Waals surface area contributed by atoms with Crippen molar-refractivity contribution in [1.82, 2.24) is 15.1 Å². The molecule has 4 rings (SSSR count). The predicted octanol–water partition coefficient (Wildman–Crippen LogP) is 2.06. The first-order chi connectivity index (χ1) is 12.9. The van der Waals surface area contributed by atoms with Gasteiger partial charge < -0.3 is 20.2 Å². The molecule has 0 spiro atoms. The Morgan fingerprint density at radius 2 is 1.70 bits per heavy atom. The molecule has 3 atom stereocenters. The molecule has 2 N–H and O–H groups in total. The number of fused-ring (bicyclic) bond motifs is 1. The second-order valence-corrected chi connectivity index (χ2v) is 8.11. The third-order valence-corrected chi connectivity index (χ3v) is 6.35. The summed E-state index contributed by atoms with van der Waals surface area (Å²) in [6.45, 7) is 2.12. The van der Waals surface area contributed by atoms with Crippen molar-refractivity contribution in [2.45, 2.75) is 25.3 Å². The monoisotopic (exact) mass is 391 g/mol. The zero-order valence-corrected chi connectivity index (χ0v) is 15.6. The van der Waals surface area contributed by atoms with Crippen molar-refractivity contribution < 1.29 is 19.5 Å². The molecule has 1 aromatic rings. The highest BCUT2D eigenvalue weighted by Crippen LogP contribution is 2.67. The van der Waals surface area contributed by atoms with E-state index in [1.165, 1.54) is 0 Å². The average Bonchev–Trinajstić information content (AvgIpc) is 3.33. The highest BCUT2D eigenvalue weighted by atomic mass is 35.5. The Hall–Kier alpha value is -2.28. The van der Waals surface area contributed by atoms with Gasteiger partial charge in [0.05, 0.1) is 5.41 Å². The van der Waals surface area contributed by atoms with E-state index in [2.05, 4.69) is 5.32 Å². The van der Waals surface area contributed by atoms with Crippen LogP contribution in [0.25, 0.3) is 0 Å². The van der Waals surface area contributed by atoms with E-state index in [1.807, 2.05) is 0 Å². The number of hydrogen-bond donors (Lipinski definition) is 2. The van der Waals surface area contributed by atoms with Gasteiger partial charge in [-0.3, -0.25) is 9.59 Å². The topological polar surface area (TPSA) is 89.9 Å². The zero-order chi connectivity index (χ0) is 19.2. The van der Waals surface area contributed by atoms with Gasteiger partial charge in [0.2, 0.25) is 0 Å². The number of rotatable bonds is 3. The van der Waals surface area contributed by atoms with Crippen molar-refractivity contribution in [3.63, 3.8) is 0 Å². The molecule has 3 fully saturated rings. The van der Waals surface area contributed by atoms with Crippen molar-refractivity contribution in [2.24, 2.45) is 11.3 Å². The number of nitrogens with one attached hydrogen (secondary N) is 1. The lowest BCUT2D eigenvalue weighted by atomic mass is 9.80. The summed E-state index contributed by atoms with van der Waals surface area (Å²) in [6, 6.07) is 6.61. The van der Waals surface area contributed by atoms with Gasteiger partial charge in [0, 0.05) is 42.8 Å². The first-order valence-corrected chi connectivity index (χ1v) is 9.62. The lowest BCUT2D eigenvalue weighted by Gasteiger charge is -2.34. The molecule has 1 saturated heterocycles. The van der Waals surface area contributed by atoms with Crippen molar-refractivity contribution >= 4 is 29.5 Å². The number of halogens is 1. The number of carbonyl (C=O) groups is 3. The Morgan fingerprint density at radius 1 is 1.04 bits per heavy atom. The van der Waals surface area contributed by atoms with Gasteiger partial charge in [0.25, 0.3) is 5.91 Å². The van der Waals surface area contributed by atoms with E-state index >= 15 is 0 Å². The van der Waals surface area contributed by atoms with Crippen LogP contribution < -0.4 is 5.32 Å². The van der Waals surface area contributed by atoms with Crippen LogP contribution in [0, 0.1) is 11.3 Å². The summed E-state index contributed by atoms with van der Waals surface area (Å²) < 4.78 is 0. The molecule has 27 heavy (non-hydrogen) atoms. The molecule has 8 heteroatoms. The number of amides is 3. The molecule has 1 aromatic carbocycles. The van der Waals surface area contributed by atoms with Crippen molar-refractivity contribution in [3.8, 4) is 0 Å². The standard InChI is InChI=1S/C19H22ClN3O4/c20-13-4-2-12(3-5-13)16(24)22-6-1-7-23(9-8-22)18(27)21-15-11-19(17(25)26)10-14(15)19/h2-5,14-15H,1,6-11H2,(H,21,27)(H,25,26)/t14-,15+,19-/m0/s1. The highest BCUT2D eigenvalue weighted by molar-refractivity contribution is 6.30. The molecule has 7 nitrogen and oxygen atoms in total. The quantitative estimate of drug-likeness (QED) is 0.825. The summed E-state index contributed by atoms with van der Waals surface area (Å²) in [7, 11) is 0. The van der Waals surface area contributed by atoms with Crippen LogP contribution >= 0.6 is 11.6 Å². The van der Waals surface area contributed by atoms with Crippen molar-refractivity contribution in [2.75, 3.05) is 26.2 Å². The van der Waals surface area contributed by atoms with Gasteiger partial charge in [0.1, 0.15) is 0 Å². The lowest BCUT2D eigenvalue weighted by molar-refractivity contribution is -0.147. The minimum absolute atomic E-state index is 0.0383. The van der Waals surface area contributed by atoms with Gasteiger partial charge in [-0.15, -0.1) is 0 Å². The fraction of sp³-hybridized carbons (Fsp3) is 0.526. The summed E-state index contributed by atoms with van der Waals surface area (Å²) >= 11 is 5.87. The van der Waals surface area contributed by atoms with Gasteiger partial charge in [-0.05, 0) is 49.4 Å². The molecule has 144 valence electrons. The Morgan fingerprint density at radius 3 is 2.33 bits per heavy atom. The second kappa shape index (κ2) is 6.71. The lowest BCUT2D eigenvalue weighted by Crippen LogP contribution is -2.53. The number of carboxylic acid groups (broad SMARTS) is 1. The largest absolute Gasteiger partial charge is 0.481 e. The third kappa shape index (κ3) is 3.25. The molecule has 2 aliphatic carbocycles. The van der Waals surface area contributed by atoms with E-state index in [0.29, 0.717) is 56.0 Å². The summed E-state index contributed by atoms with van der Waals surface area (Å²) in [6.07, 6.45) is 1.89. The molecule has 1 aliphatic heterocycles. The summed E-state index contributed by atoms with van der Waals surface area (Å²) in [5.74, 6) is -0.727. The fourth-order valence-electron chi connectivity index (χ4n) is 4.30. The van der Waals surface area contributed by atoms with Crippen LogP contribution in [0.1, 0.15) is 29.6 Å². The number of aliphatic carboxylic acids is 1. The number of nitrogens with zero attached hydrogens (tertiary/aromatic N) is 2. The van der Waals surface area contributed by atoms with Crippen LogP contribution in [-0.4, -0.2) is 65.0 Å². The van der Waals surface area contributed by atoms with E-state index in [-0.39, 0.29) is 23.9 Å². The normalized spacial score (nSPS) is 29.2. The summed E-state index contributed by atoms with van der Waals surface area (Å²) in [5, 5.41) is 12.8. The maximum absolute atomic E-state index is 12.6. The minimum atomic E-state index is -0.746. The van der Waals surface area contributed by atoms with Crippen molar-refractivity contribution in [1.29, 1.82) is 0 Å². The van der Waals surface area contributed by atoms with Gasteiger partial charge in [-0.1, -0.05) is 11.6 Å². The molecule has 0 unspecified atom stereocenters. The van der Waals surface area contributed by atoms with E-state index < -0.39 is 11.4 Å². The Kier molecular flexibility index (Phi) is 4.50. The van der Waals surface area contributed by atoms with E-state index in [0.717, 1.165) is 0 Å². The Bertz CT molecular complexity index is 784. The van der Waals surface area contributed by atoms with Gasteiger partial charge in [-0.2, -0.15) is 0 Å². The maximum atomic E-state index is 12.6. The molecule has 0 radical (unpaired) electrons. The predicted molar refractivity (Wildman–Crippen MR) is 98.7 cm³/mol. The summed E-state index contributed by atoms with van der Waals surface area (Å²) in [5.41, 5.74) is 0.0175. The Balaban J connectivity index is 1.30. The molecule has 3 aliphatic rings. The van der Waals surface area contributed by atoms with Crippen LogP contribution in [0.2, 0.25) is 5.02 Å². The maximum Gasteiger partial charge on any atom is 0.317 e. The van der Waals surface area contributed by atoms with E-state index in [1.54, 1.807) is 34.1 Å². The molecule has 3 amide bonds. The number of carbonyl (C=O) groups excluding carboxylic acids is 2. The SMILES string of the molecule is O=C(N[C@@H]1C[C@@]2(C(=O)O)C[C@@H]12)N1CCCN(C(=O)c2ccc(Cl)cc2)CC1. The van der Waals surface area contributed by atoms with Crippen molar-refractivity contribution in [3.05, 3.63) is 34.9 Å². The number of benzene rings is 1. The first kappa shape index (κ1) is 18.1. The molecule has 2 saturated carbocycles. The minimum Gasteiger partial charge on any atom is -0.481 e. The Labute approximate surface area is 162 Å². The van der Waals surface area contributed by atoms with Crippen LogP contribution in [-0.2, 0) is 4.79 Å². The van der Waals surface area contributed by atoms with Gasteiger partial charge >= 0.3 is 12.0 Å². The molecule has 0 bridgehead atoms. The van der Waals surface area contributed by atoms with Crippen LogP contribution in [0.15, 0.2) is 24.3 Å². The van der Waals surface area contributed by atoms with Gasteiger partial charge in [0.15, 0.2) is 0 Å². The van der Waals surface area contributed by atoms with Crippen LogP contribution in [0.5, 0.6) is 0 Å². The zero-order valence-electron chi connectivity index (χ0n) is 14.9. The molecule has 0 aromatic heterocycles. The fourth-order valence-corrected chi connectivity index (χ4v) is 4.43. The number of hydrogen-bond acceptors (Lipinski definition) is 3. The third-order valence-electron chi connectivity index (χ3n) is 6.10. The highest BCUT2D eigenvalue weighted by Gasteiger charge is 2.72. The van der Waals surface area contributed by atoms with E-state index in [4.69, 9.17) is 11.6 Å². The molecular formula is C19H22ClN3O4. The van der Waals surface area contributed by atoms with E-state index in [9.17, 15) is 19.5 Å². The number of urea groups is 1. The number of carboxylic acids is 1. The van der Waals surface area contributed by atoms with Gasteiger partial charge in [-0.25, -0.2) is 4.79 Å². The first-order valence-electron chi connectivity index (χ1n) is 9.24. The summed E-state index contributed by atoms with van der Waals surface area (Å²) in [4.78, 5) is 39.8. The smallest absolute Gasteiger partial charge is 0.317 e. The second-order valence-electron chi connectivity index (χ2n) is 7.67. The molecular weight excluding hydrogens is 370 g/mol. The average molecular weight is 392 g/mol. The van der Waals surface area contributed by atoms with Crippen LogP contribution in [0.3, 0.4) is 0 Å². The molecule has 1 heterocycles.